The zero-order valence-electron chi connectivity index (χ0n) is 12.0. The highest BCUT2D eigenvalue weighted by Crippen LogP contribution is 2.22. The van der Waals surface area contributed by atoms with Gasteiger partial charge in [0.2, 0.25) is 0 Å². The minimum Gasteiger partial charge on any atom is -0.308 e. The summed E-state index contributed by atoms with van der Waals surface area (Å²) >= 11 is 9.45. The van der Waals surface area contributed by atoms with E-state index in [2.05, 4.69) is 37.7 Å². The predicted octanol–water partition coefficient (Wildman–Crippen LogP) is 3.67. The maximum absolute atomic E-state index is 5.93. The second kappa shape index (κ2) is 5.81. The van der Waals surface area contributed by atoms with E-state index < -0.39 is 0 Å². The number of aromatic nitrogens is 4. The van der Waals surface area contributed by atoms with Crippen molar-refractivity contribution in [3.05, 3.63) is 45.8 Å². The number of hydrogen-bond donors (Lipinski definition) is 0. The van der Waals surface area contributed by atoms with Gasteiger partial charge < -0.3 is 4.57 Å². The van der Waals surface area contributed by atoms with Crippen molar-refractivity contribution in [1.82, 2.24) is 19.3 Å². The van der Waals surface area contributed by atoms with Gasteiger partial charge in [-0.15, -0.1) is 11.6 Å². The second-order valence-electron chi connectivity index (χ2n) is 5.06. The van der Waals surface area contributed by atoms with Crippen molar-refractivity contribution in [1.29, 1.82) is 0 Å². The van der Waals surface area contributed by atoms with Crippen molar-refractivity contribution in [2.45, 2.75) is 19.9 Å². The predicted molar refractivity (Wildman–Crippen MR) is 88.9 cm³/mol. The van der Waals surface area contributed by atoms with Gasteiger partial charge in [-0.2, -0.15) is 5.10 Å². The monoisotopic (exact) mass is 366 g/mol. The summed E-state index contributed by atoms with van der Waals surface area (Å²) in [4.78, 5) is 4.72. The van der Waals surface area contributed by atoms with Crippen molar-refractivity contribution >= 4 is 38.7 Å². The van der Waals surface area contributed by atoms with Gasteiger partial charge >= 0.3 is 0 Å². The molecule has 0 aliphatic carbocycles. The van der Waals surface area contributed by atoms with E-state index in [1.165, 1.54) is 5.56 Å². The fourth-order valence-electron chi connectivity index (χ4n) is 2.64. The Balaban J connectivity index is 2.12. The highest BCUT2D eigenvalue weighted by Gasteiger charge is 2.17. The van der Waals surface area contributed by atoms with Gasteiger partial charge in [-0.05, 0) is 24.6 Å². The molecule has 3 rings (SSSR count). The number of alkyl halides is 1. The normalized spacial score (nSPS) is 11.4. The zero-order valence-corrected chi connectivity index (χ0v) is 14.3. The molecule has 0 N–H and O–H groups in total. The fourth-order valence-corrected chi connectivity index (χ4v) is 3.25. The van der Waals surface area contributed by atoms with Crippen molar-refractivity contribution in [3.8, 4) is 0 Å². The van der Waals surface area contributed by atoms with Gasteiger partial charge in [0.15, 0.2) is 5.65 Å². The molecule has 0 saturated carbocycles. The van der Waals surface area contributed by atoms with Crippen LogP contribution in [-0.4, -0.2) is 25.2 Å². The number of nitrogens with zero attached hydrogens (tertiary/aromatic N) is 4. The molecule has 0 aliphatic heterocycles. The smallest absolute Gasteiger partial charge is 0.158 e. The molecule has 0 aliphatic rings. The third-order valence-corrected chi connectivity index (χ3v) is 4.20. The lowest BCUT2D eigenvalue weighted by Crippen LogP contribution is -2.09. The van der Waals surface area contributed by atoms with Crippen LogP contribution in [0, 0.1) is 6.92 Å². The lowest BCUT2D eigenvalue weighted by molar-refractivity contribution is 0.692. The summed E-state index contributed by atoms with van der Waals surface area (Å²) in [6.45, 7) is 2.75. The molecular weight excluding hydrogens is 352 g/mol. The first-order valence-corrected chi connectivity index (χ1v) is 8.12. The van der Waals surface area contributed by atoms with Gasteiger partial charge in [-0.25, -0.2) is 4.98 Å². The summed E-state index contributed by atoms with van der Waals surface area (Å²) in [6, 6.07) is 8.31. The molecule has 0 fully saturated rings. The molecule has 3 aromatic rings. The van der Waals surface area contributed by atoms with Gasteiger partial charge in [0.25, 0.3) is 0 Å². The summed E-state index contributed by atoms with van der Waals surface area (Å²) < 4.78 is 5.18. The third kappa shape index (κ3) is 2.72. The Labute approximate surface area is 136 Å². The van der Waals surface area contributed by atoms with Gasteiger partial charge in [-0.1, -0.05) is 28.1 Å². The summed E-state index contributed by atoms with van der Waals surface area (Å²) in [6.07, 6.45) is 0.754. The molecule has 0 radical (unpaired) electrons. The van der Waals surface area contributed by atoms with E-state index in [1.807, 2.05) is 30.8 Å². The molecule has 0 saturated heterocycles. The average molecular weight is 368 g/mol. The topological polar surface area (TPSA) is 35.6 Å². The molecule has 0 atom stereocenters. The first-order chi connectivity index (χ1) is 10.1. The van der Waals surface area contributed by atoms with E-state index in [0.717, 1.165) is 40.1 Å². The Kier molecular flexibility index (Phi) is 4.04. The first-order valence-electron chi connectivity index (χ1n) is 6.79. The van der Waals surface area contributed by atoms with Crippen molar-refractivity contribution in [3.63, 3.8) is 0 Å². The van der Waals surface area contributed by atoms with Gasteiger partial charge in [0.1, 0.15) is 11.3 Å². The van der Waals surface area contributed by atoms with Crippen molar-refractivity contribution in [2.24, 2.45) is 7.05 Å². The molecule has 0 amide bonds. The number of hydrogen-bond acceptors (Lipinski definition) is 2. The standard InChI is InChI=1S/C15H16BrClN4/c1-10-14-15(20(2)19-10)21(13(18-14)6-7-17)9-11-4-3-5-12(16)8-11/h3-5,8H,6-7,9H2,1-2H3. The minimum absolute atomic E-state index is 0.564. The molecule has 4 nitrogen and oxygen atoms in total. The Bertz CT molecular complexity index is 790. The molecule has 2 heterocycles. The lowest BCUT2D eigenvalue weighted by atomic mass is 10.2. The molecular formula is C15H16BrClN4. The van der Waals surface area contributed by atoms with Gasteiger partial charge in [0.05, 0.1) is 12.2 Å². The van der Waals surface area contributed by atoms with Gasteiger partial charge in [-0.3, -0.25) is 4.68 Å². The second-order valence-corrected chi connectivity index (χ2v) is 6.36. The number of aryl methyl sites for hydroxylation is 3. The largest absolute Gasteiger partial charge is 0.308 e. The molecule has 1 aromatic carbocycles. The molecule has 0 unspecified atom stereocenters. The van der Waals surface area contributed by atoms with Crippen LogP contribution in [0.3, 0.4) is 0 Å². The molecule has 2 aromatic heterocycles. The molecule has 110 valence electrons. The number of rotatable bonds is 4. The Hall–Kier alpha value is -1.33. The van der Waals surface area contributed by atoms with E-state index in [4.69, 9.17) is 16.6 Å². The number of halogens is 2. The quantitative estimate of drug-likeness (QED) is 0.660. The molecule has 21 heavy (non-hydrogen) atoms. The highest BCUT2D eigenvalue weighted by atomic mass is 79.9. The summed E-state index contributed by atoms with van der Waals surface area (Å²) in [7, 11) is 1.96. The van der Waals surface area contributed by atoms with Crippen molar-refractivity contribution in [2.75, 3.05) is 5.88 Å². The van der Waals surface area contributed by atoms with E-state index >= 15 is 0 Å². The fraction of sp³-hybridized carbons (Fsp3) is 0.333. The molecule has 6 heteroatoms. The number of fused-ring (bicyclic) bond motifs is 1. The summed E-state index contributed by atoms with van der Waals surface area (Å²) in [5.41, 5.74) is 4.19. The Morgan fingerprint density at radius 2 is 2.14 bits per heavy atom. The van der Waals surface area contributed by atoms with Crippen molar-refractivity contribution < 1.29 is 0 Å². The number of imidazole rings is 1. The molecule has 0 bridgehead atoms. The SMILES string of the molecule is Cc1nn(C)c2c1nc(CCCl)n2Cc1cccc(Br)c1. The third-order valence-electron chi connectivity index (χ3n) is 3.52. The van der Waals surface area contributed by atoms with Crippen LogP contribution in [0.5, 0.6) is 0 Å². The maximum Gasteiger partial charge on any atom is 0.158 e. The van der Waals surface area contributed by atoms with Crippen LogP contribution in [-0.2, 0) is 20.0 Å². The number of benzene rings is 1. The van der Waals surface area contributed by atoms with Crippen LogP contribution < -0.4 is 0 Å². The maximum atomic E-state index is 5.93. The average Bonchev–Trinajstić information content (AvgIpc) is 2.91. The summed E-state index contributed by atoms with van der Waals surface area (Å²) in [5.74, 6) is 1.57. The highest BCUT2D eigenvalue weighted by molar-refractivity contribution is 9.10. The van der Waals surface area contributed by atoms with Crippen LogP contribution >= 0.6 is 27.5 Å². The zero-order chi connectivity index (χ0) is 15.0. The van der Waals surface area contributed by atoms with Gasteiger partial charge in [0, 0.05) is 23.8 Å². The Morgan fingerprint density at radius 3 is 2.86 bits per heavy atom. The van der Waals surface area contributed by atoms with E-state index in [9.17, 15) is 0 Å². The van der Waals surface area contributed by atoms with Crippen LogP contribution in [0.25, 0.3) is 11.2 Å². The van der Waals surface area contributed by atoms with E-state index in [0.29, 0.717) is 5.88 Å². The van der Waals surface area contributed by atoms with Crippen LogP contribution in [0.4, 0.5) is 0 Å². The van der Waals surface area contributed by atoms with Crippen LogP contribution in [0.2, 0.25) is 0 Å². The van der Waals surface area contributed by atoms with Crippen LogP contribution in [0.15, 0.2) is 28.7 Å². The van der Waals surface area contributed by atoms with E-state index in [1.54, 1.807) is 0 Å². The molecule has 0 spiro atoms. The summed E-state index contributed by atoms with van der Waals surface area (Å²) in [5, 5.41) is 4.46. The van der Waals surface area contributed by atoms with E-state index in [-0.39, 0.29) is 0 Å². The first kappa shape index (κ1) is 14.6. The Morgan fingerprint density at radius 1 is 1.33 bits per heavy atom. The van der Waals surface area contributed by atoms with Crippen LogP contribution in [0.1, 0.15) is 17.1 Å². The minimum atomic E-state index is 0.564. The lowest BCUT2D eigenvalue weighted by Gasteiger charge is -2.09.